The number of hydrogen-bond donors (Lipinski definition) is 4. The van der Waals surface area contributed by atoms with Crippen molar-refractivity contribution in [3.8, 4) is 5.75 Å². The number of amides is 2. The molecule has 0 aliphatic carbocycles. The number of carbonyl (C=O) groups is 2. The molecule has 5 N–H and O–H groups in total. The summed E-state index contributed by atoms with van der Waals surface area (Å²) in [4.78, 5) is 25.3. The van der Waals surface area contributed by atoms with E-state index in [0.717, 1.165) is 3.57 Å². The number of carbonyl (C=O) groups excluding carboxylic acids is 2. The molecule has 0 spiro atoms. The highest BCUT2D eigenvalue weighted by molar-refractivity contribution is 14.1. The van der Waals surface area contributed by atoms with Gasteiger partial charge in [0.2, 0.25) is 5.91 Å². The van der Waals surface area contributed by atoms with Gasteiger partial charge in [-0.1, -0.05) is 50.3 Å². The molecular weight excluding hydrogens is 545 g/mol. The molecular formula is C26H26IN3O4. The van der Waals surface area contributed by atoms with E-state index in [1.54, 1.807) is 72.8 Å². The van der Waals surface area contributed by atoms with Gasteiger partial charge in [-0.15, -0.1) is 0 Å². The van der Waals surface area contributed by atoms with Crippen molar-refractivity contribution in [2.45, 2.75) is 20.0 Å². The number of nitrogen functional groups attached to an aromatic ring is 1. The Kier molecular flexibility index (Phi) is 8.17. The number of para-hydroxylation sites is 3. The Bertz CT molecular complexity index is 1200. The van der Waals surface area contributed by atoms with E-state index in [9.17, 15) is 14.7 Å². The first-order chi connectivity index (χ1) is 16.2. The first-order valence-corrected chi connectivity index (χ1v) is 11.6. The average molecular weight is 571 g/mol. The Morgan fingerprint density at radius 2 is 1.71 bits per heavy atom. The molecule has 1 atom stereocenters. The zero-order valence-corrected chi connectivity index (χ0v) is 20.9. The largest absolute Gasteiger partial charge is 0.508 e. The van der Waals surface area contributed by atoms with Gasteiger partial charge in [0.05, 0.1) is 11.4 Å². The van der Waals surface area contributed by atoms with Crippen LogP contribution in [0.15, 0.2) is 84.9 Å². The van der Waals surface area contributed by atoms with Crippen LogP contribution in [0.1, 0.15) is 25.5 Å². The van der Waals surface area contributed by atoms with E-state index in [4.69, 9.17) is 10.5 Å². The highest BCUT2D eigenvalue weighted by Crippen LogP contribution is 2.42. The topological polar surface area (TPSA) is 114 Å². The van der Waals surface area contributed by atoms with Crippen molar-refractivity contribution in [3.05, 3.63) is 94.1 Å². The summed E-state index contributed by atoms with van der Waals surface area (Å²) < 4.78 is 6.66. The van der Waals surface area contributed by atoms with Gasteiger partial charge in [0.15, 0.2) is 0 Å². The molecule has 7 nitrogen and oxygen atoms in total. The van der Waals surface area contributed by atoms with Crippen LogP contribution in [0, 0.1) is 8.99 Å². The summed E-state index contributed by atoms with van der Waals surface area (Å²) >= 11 is 2.12. The van der Waals surface area contributed by atoms with Crippen molar-refractivity contribution in [3.63, 3.8) is 0 Å². The van der Waals surface area contributed by atoms with E-state index in [1.165, 1.54) is 6.08 Å². The van der Waals surface area contributed by atoms with E-state index in [-0.39, 0.29) is 11.7 Å². The summed E-state index contributed by atoms with van der Waals surface area (Å²) in [6, 6.07) is 20.9. The zero-order valence-electron chi connectivity index (χ0n) is 18.8. The van der Waals surface area contributed by atoms with Crippen LogP contribution < -0.4 is 16.4 Å². The molecule has 0 saturated heterocycles. The van der Waals surface area contributed by atoms with Gasteiger partial charge in [0.1, 0.15) is 11.9 Å². The minimum absolute atomic E-state index is 0.0130. The standard InChI is InChI=1S/C26H26IN3O4/c1-26(2,15-14-23(32)30-21-11-7-6-10-20(21)28)24(19-16-17(27)12-13-22(19)31)34-25(33)29-18-8-4-3-5-9-18/h3-16,24,31H,28H2,1-2H3,(H,29,33)(H,30,32)/b15-14+/t24-/m0/s1. The quantitative estimate of drug-likeness (QED) is 0.156. The number of nitrogens with one attached hydrogen (secondary N) is 2. The second-order valence-corrected chi connectivity index (χ2v) is 9.46. The number of hydrogen-bond acceptors (Lipinski definition) is 5. The van der Waals surface area contributed by atoms with Crippen molar-refractivity contribution < 1.29 is 19.4 Å². The van der Waals surface area contributed by atoms with Crippen molar-refractivity contribution >= 4 is 51.7 Å². The molecule has 3 aromatic rings. The van der Waals surface area contributed by atoms with Crippen LogP contribution in [0.2, 0.25) is 0 Å². The van der Waals surface area contributed by atoms with Crippen LogP contribution >= 0.6 is 22.6 Å². The number of benzene rings is 3. The third kappa shape index (κ3) is 6.74. The molecule has 0 saturated carbocycles. The van der Waals surface area contributed by atoms with Crippen LogP contribution in [0.5, 0.6) is 5.75 Å². The maximum Gasteiger partial charge on any atom is 0.412 e. The van der Waals surface area contributed by atoms with Gasteiger partial charge >= 0.3 is 6.09 Å². The lowest BCUT2D eigenvalue weighted by atomic mass is 9.81. The predicted molar refractivity (Wildman–Crippen MR) is 143 cm³/mol. The van der Waals surface area contributed by atoms with Crippen molar-refractivity contribution in [2.24, 2.45) is 5.41 Å². The molecule has 8 heteroatoms. The van der Waals surface area contributed by atoms with Gasteiger partial charge in [-0.2, -0.15) is 0 Å². The van der Waals surface area contributed by atoms with Gasteiger partial charge in [-0.25, -0.2) is 4.79 Å². The summed E-state index contributed by atoms with van der Waals surface area (Å²) in [5, 5.41) is 16.0. The number of anilines is 3. The van der Waals surface area contributed by atoms with E-state index < -0.39 is 17.6 Å². The monoisotopic (exact) mass is 571 g/mol. The Labute approximate surface area is 212 Å². The molecule has 0 aromatic heterocycles. The lowest BCUT2D eigenvalue weighted by Gasteiger charge is -2.32. The highest BCUT2D eigenvalue weighted by Gasteiger charge is 2.34. The average Bonchev–Trinajstić information content (AvgIpc) is 2.80. The maximum atomic E-state index is 12.7. The molecule has 3 rings (SSSR count). The summed E-state index contributed by atoms with van der Waals surface area (Å²) in [5.41, 5.74) is 6.98. The smallest absolute Gasteiger partial charge is 0.412 e. The number of phenolic OH excluding ortho intramolecular Hbond substituents is 1. The Morgan fingerprint density at radius 3 is 2.41 bits per heavy atom. The Balaban J connectivity index is 1.85. The van der Waals surface area contributed by atoms with Gasteiger partial charge in [0.25, 0.3) is 0 Å². The molecule has 34 heavy (non-hydrogen) atoms. The number of ether oxygens (including phenoxy) is 1. The van der Waals surface area contributed by atoms with Gasteiger partial charge in [-0.05, 0) is 71.1 Å². The van der Waals surface area contributed by atoms with Gasteiger partial charge < -0.3 is 20.9 Å². The summed E-state index contributed by atoms with van der Waals surface area (Å²) in [6.45, 7) is 3.63. The zero-order chi connectivity index (χ0) is 24.7. The number of halogens is 1. The van der Waals surface area contributed by atoms with Crippen LogP contribution in [0.3, 0.4) is 0 Å². The fraction of sp³-hybridized carbons (Fsp3) is 0.154. The van der Waals surface area contributed by atoms with E-state index in [1.807, 2.05) is 19.9 Å². The van der Waals surface area contributed by atoms with Crippen LogP contribution in [-0.2, 0) is 9.53 Å². The van der Waals surface area contributed by atoms with E-state index in [0.29, 0.717) is 22.6 Å². The van der Waals surface area contributed by atoms with Crippen molar-refractivity contribution in [2.75, 3.05) is 16.4 Å². The molecule has 2 amide bonds. The fourth-order valence-electron chi connectivity index (χ4n) is 3.29. The van der Waals surface area contributed by atoms with Crippen LogP contribution in [-0.4, -0.2) is 17.1 Å². The molecule has 0 aliphatic heterocycles. The minimum Gasteiger partial charge on any atom is -0.508 e. The van der Waals surface area contributed by atoms with Gasteiger partial charge in [-0.3, -0.25) is 10.1 Å². The van der Waals surface area contributed by atoms with Crippen LogP contribution in [0.4, 0.5) is 21.9 Å². The summed E-state index contributed by atoms with van der Waals surface area (Å²) in [6.07, 6.45) is 1.43. The molecule has 0 bridgehead atoms. The third-order valence-electron chi connectivity index (χ3n) is 5.08. The second-order valence-electron chi connectivity index (χ2n) is 8.21. The second kappa shape index (κ2) is 11.1. The molecule has 0 aliphatic rings. The molecule has 0 radical (unpaired) electrons. The number of rotatable bonds is 7. The Hall–Kier alpha value is -3.53. The minimum atomic E-state index is -0.892. The number of phenols is 1. The normalized spacial score (nSPS) is 12.2. The first-order valence-electron chi connectivity index (χ1n) is 10.5. The first kappa shape index (κ1) is 25.1. The van der Waals surface area contributed by atoms with Gasteiger partial charge in [0, 0.05) is 20.2 Å². The summed E-state index contributed by atoms with van der Waals surface area (Å²) in [7, 11) is 0. The van der Waals surface area contributed by atoms with Crippen molar-refractivity contribution in [1.82, 2.24) is 0 Å². The summed E-state index contributed by atoms with van der Waals surface area (Å²) in [5.74, 6) is -0.397. The molecule has 176 valence electrons. The van der Waals surface area contributed by atoms with Crippen LogP contribution in [0.25, 0.3) is 0 Å². The fourth-order valence-corrected chi connectivity index (χ4v) is 3.81. The molecule has 0 unspecified atom stereocenters. The number of aromatic hydroxyl groups is 1. The lowest BCUT2D eigenvalue weighted by molar-refractivity contribution is -0.112. The molecule has 0 fully saturated rings. The Morgan fingerprint density at radius 1 is 1.03 bits per heavy atom. The predicted octanol–water partition coefficient (Wildman–Crippen LogP) is 6.09. The van der Waals surface area contributed by atoms with Crippen molar-refractivity contribution in [1.29, 1.82) is 0 Å². The highest BCUT2D eigenvalue weighted by atomic mass is 127. The molecule has 0 heterocycles. The maximum absolute atomic E-state index is 12.7. The third-order valence-corrected chi connectivity index (χ3v) is 5.75. The van der Waals surface area contributed by atoms with E-state index >= 15 is 0 Å². The molecule has 3 aromatic carbocycles. The SMILES string of the molecule is CC(C)(/C=C/C(=O)Nc1ccccc1N)[C@@H](OC(=O)Nc1ccccc1)c1cc(I)ccc1O. The number of nitrogens with two attached hydrogens (primary N) is 1. The van der Waals surface area contributed by atoms with E-state index in [2.05, 4.69) is 33.2 Å². The lowest BCUT2D eigenvalue weighted by Crippen LogP contribution is -2.28.